The molecule has 7 rings (SSSR count). The van der Waals surface area contributed by atoms with Crippen molar-refractivity contribution in [2.45, 2.75) is 64.2 Å². The van der Waals surface area contributed by atoms with Crippen LogP contribution in [-0.2, 0) is 0 Å². The summed E-state index contributed by atoms with van der Waals surface area (Å²) in [7, 11) is 0. The van der Waals surface area contributed by atoms with Crippen LogP contribution in [-0.4, -0.2) is 36.4 Å². The average molecular weight is 641 g/mol. The van der Waals surface area contributed by atoms with Gasteiger partial charge < -0.3 is 18.9 Å². The van der Waals surface area contributed by atoms with Crippen LogP contribution in [0.5, 0.6) is 23.0 Å². The van der Waals surface area contributed by atoms with Crippen LogP contribution in [0.4, 0.5) is 0 Å². The average Bonchev–Trinajstić information content (AvgIpc) is 3.11. The van der Waals surface area contributed by atoms with Gasteiger partial charge in [0, 0.05) is 10.8 Å². The first-order valence-corrected chi connectivity index (χ1v) is 17.6. The largest absolute Gasteiger partial charge is 0.493 e. The molecule has 5 aromatic rings. The van der Waals surface area contributed by atoms with Gasteiger partial charge in [0.1, 0.15) is 23.0 Å². The first kappa shape index (κ1) is 31.7. The van der Waals surface area contributed by atoms with Crippen molar-refractivity contribution >= 4 is 21.8 Å². The predicted molar refractivity (Wildman–Crippen MR) is 194 cm³/mol. The summed E-state index contributed by atoms with van der Waals surface area (Å²) in [5.41, 5.74) is 5.05. The Morgan fingerprint density at radius 1 is 0.375 bits per heavy atom. The van der Waals surface area contributed by atoms with E-state index in [1.54, 1.807) is 0 Å². The summed E-state index contributed by atoms with van der Waals surface area (Å²) in [6, 6.07) is 24.8. The first-order valence-electron chi connectivity index (χ1n) is 17.6. The van der Waals surface area contributed by atoms with E-state index in [0.717, 1.165) is 132 Å². The molecule has 48 heavy (non-hydrogen) atoms. The quantitative estimate of drug-likeness (QED) is 0.124. The highest BCUT2D eigenvalue weighted by Crippen LogP contribution is 2.41. The highest BCUT2D eigenvalue weighted by molar-refractivity contribution is 6.04. The fourth-order valence-corrected chi connectivity index (χ4v) is 6.38. The lowest BCUT2D eigenvalue weighted by Crippen LogP contribution is -2.03. The lowest BCUT2D eigenvalue weighted by atomic mass is 10.0. The number of ether oxygens (including phenoxy) is 4. The second-order valence-electron chi connectivity index (χ2n) is 12.5. The number of hydrogen-bond donors (Lipinski definition) is 0. The van der Waals surface area contributed by atoms with Crippen molar-refractivity contribution in [2.24, 2.45) is 0 Å². The SMILES string of the molecule is C1=C\CCCOc2cccc3c2-c2ccc4ccc5ccc(nc5c4n2)-c2c(cccc2OCCCC/C=C\CCCO3)OCCCC/1. The predicted octanol–water partition coefficient (Wildman–Crippen LogP) is 10.7. The number of nitrogens with zero attached hydrogens (tertiary/aromatic N) is 2. The maximum absolute atomic E-state index is 6.46. The standard InChI is InChI=1S/C42H44N2O4/c1-3-7-11-27-45-35-17-15-19-37-39(35)33-25-23-31-21-22-32-24-26-34(44-42(32)41(31)43-33)40-36(46-28-12-8-4-1)18-16-20-38(40)48-30-14-10-6-2-5-9-13-29-47-37/h1-3,5,15-26H,4,6-14,27-30H2/b3-1-,5-2-. The Morgan fingerprint density at radius 2 is 0.729 bits per heavy atom. The van der Waals surface area contributed by atoms with E-state index in [4.69, 9.17) is 28.9 Å². The highest BCUT2D eigenvalue weighted by atomic mass is 16.5. The summed E-state index contributed by atoms with van der Waals surface area (Å²) in [5.74, 6) is 3.16. The molecule has 0 atom stereocenters. The molecule has 0 saturated heterocycles. The summed E-state index contributed by atoms with van der Waals surface area (Å²) in [5, 5.41) is 2.04. The minimum absolute atomic E-state index is 0.615. The van der Waals surface area contributed by atoms with Crippen molar-refractivity contribution in [2.75, 3.05) is 26.4 Å². The fraction of sp³-hybridized carbons (Fsp3) is 0.333. The van der Waals surface area contributed by atoms with Crippen molar-refractivity contribution < 1.29 is 18.9 Å². The minimum Gasteiger partial charge on any atom is -0.493 e. The van der Waals surface area contributed by atoms with E-state index in [1.165, 1.54) is 0 Å². The molecule has 0 N–H and O–H groups in total. The lowest BCUT2D eigenvalue weighted by molar-refractivity contribution is 0.294. The van der Waals surface area contributed by atoms with Crippen LogP contribution in [0, 0.1) is 0 Å². The molecule has 2 aromatic heterocycles. The number of benzene rings is 3. The molecule has 0 radical (unpaired) electrons. The number of allylic oxidation sites excluding steroid dienone is 4. The fourth-order valence-electron chi connectivity index (χ4n) is 6.38. The zero-order valence-corrected chi connectivity index (χ0v) is 27.7. The minimum atomic E-state index is 0.615. The van der Waals surface area contributed by atoms with E-state index in [0.29, 0.717) is 26.4 Å². The van der Waals surface area contributed by atoms with Crippen LogP contribution in [0.1, 0.15) is 64.2 Å². The molecule has 4 heterocycles. The molecular formula is C42H44N2O4. The van der Waals surface area contributed by atoms with Gasteiger partial charge in [-0.05, 0) is 101 Å². The van der Waals surface area contributed by atoms with Gasteiger partial charge in [0.25, 0.3) is 0 Å². The van der Waals surface area contributed by atoms with Gasteiger partial charge in [-0.25, -0.2) is 9.97 Å². The molecule has 0 fully saturated rings. The van der Waals surface area contributed by atoms with Gasteiger partial charge in [0.05, 0.1) is 60.0 Å². The third kappa shape index (κ3) is 7.49. The molecular weight excluding hydrogens is 596 g/mol. The molecule has 2 aliphatic heterocycles. The Morgan fingerprint density at radius 3 is 1.15 bits per heavy atom. The van der Waals surface area contributed by atoms with Crippen molar-refractivity contribution in [3.05, 3.63) is 97.1 Å². The number of hydrogen-bond acceptors (Lipinski definition) is 6. The molecule has 0 spiro atoms. The van der Waals surface area contributed by atoms with Gasteiger partial charge in [-0.3, -0.25) is 0 Å². The number of pyridine rings is 2. The molecule has 2 aliphatic rings. The van der Waals surface area contributed by atoms with E-state index in [9.17, 15) is 0 Å². The summed E-state index contributed by atoms with van der Waals surface area (Å²) in [6.45, 7) is 2.50. The van der Waals surface area contributed by atoms with Crippen LogP contribution < -0.4 is 18.9 Å². The maximum atomic E-state index is 6.46. The summed E-state index contributed by atoms with van der Waals surface area (Å²) >= 11 is 0. The van der Waals surface area contributed by atoms with Gasteiger partial charge in [-0.1, -0.05) is 60.7 Å². The lowest BCUT2D eigenvalue weighted by Gasteiger charge is -2.17. The van der Waals surface area contributed by atoms with Crippen LogP contribution in [0.3, 0.4) is 0 Å². The van der Waals surface area contributed by atoms with E-state index in [2.05, 4.69) is 60.7 Å². The normalized spacial score (nSPS) is 17.8. The molecule has 6 bridgehead atoms. The smallest absolute Gasteiger partial charge is 0.132 e. The summed E-state index contributed by atoms with van der Waals surface area (Å²) in [4.78, 5) is 10.6. The third-order valence-corrected chi connectivity index (χ3v) is 8.93. The van der Waals surface area contributed by atoms with Gasteiger partial charge in [0.15, 0.2) is 0 Å². The zero-order chi connectivity index (χ0) is 32.4. The van der Waals surface area contributed by atoms with Crippen molar-refractivity contribution in [3.63, 3.8) is 0 Å². The molecule has 0 saturated carbocycles. The van der Waals surface area contributed by atoms with Gasteiger partial charge in [0.2, 0.25) is 0 Å². The highest BCUT2D eigenvalue weighted by Gasteiger charge is 2.19. The molecule has 0 unspecified atom stereocenters. The first-order chi connectivity index (χ1) is 23.8. The second-order valence-corrected chi connectivity index (χ2v) is 12.5. The van der Waals surface area contributed by atoms with Gasteiger partial charge in [-0.15, -0.1) is 0 Å². The second kappa shape index (κ2) is 15.8. The monoisotopic (exact) mass is 640 g/mol. The van der Waals surface area contributed by atoms with E-state index in [1.807, 2.05) is 36.4 Å². The van der Waals surface area contributed by atoms with E-state index in [-0.39, 0.29) is 0 Å². The molecule has 0 amide bonds. The molecule has 0 aliphatic carbocycles. The van der Waals surface area contributed by atoms with Crippen LogP contribution >= 0.6 is 0 Å². The van der Waals surface area contributed by atoms with Crippen LogP contribution in [0.15, 0.2) is 97.1 Å². The zero-order valence-electron chi connectivity index (χ0n) is 27.7. The van der Waals surface area contributed by atoms with E-state index >= 15 is 0 Å². The van der Waals surface area contributed by atoms with Gasteiger partial charge in [-0.2, -0.15) is 0 Å². The molecule has 246 valence electrons. The topological polar surface area (TPSA) is 62.7 Å². The Hall–Kier alpha value is -4.84. The van der Waals surface area contributed by atoms with E-state index < -0.39 is 0 Å². The maximum Gasteiger partial charge on any atom is 0.132 e. The van der Waals surface area contributed by atoms with Crippen molar-refractivity contribution in [1.29, 1.82) is 0 Å². The Labute approximate surface area is 283 Å². The summed E-state index contributed by atoms with van der Waals surface area (Å²) in [6.07, 6.45) is 19.0. The summed E-state index contributed by atoms with van der Waals surface area (Å²) < 4.78 is 25.8. The third-order valence-electron chi connectivity index (χ3n) is 8.93. The van der Waals surface area contributed by atoms with Crippen molar-refractivity contribution in [3.8, 4) is 45.5 Å². The Kier molecular flexibility index (Phi) is 10.5. The van der Waals surface area contributed by atoms with Crippen LogP contribution in [0.25, 0.3) is 44.3 Å². The molecule has 6 nitrogen and oxygen atoms in total. The molecule has 3 aromatic carbocycles. The van der Waals surface area contributed by atoms with Crippen LogP contribution in [0.2, 0.25) is 0 Å². The Balaban J connectivity index is 1.41. The van der Waals surface area contributed by atoms with Gasteiger partial charge >= 0.3 is 0 Å². The number of rotatable bonds is 0. The van der Waals surface area contributed by atoms with Crippen molar-refractivity contribution in [1.82, 2.24) is 9.97 Å². The Bertz CT molecular complexity index is 1850. The molecule has 6 heteroatoms. The number of aromatic nitrogens is 2.